The van der Waals surface area contributed by atoms with E-state index in [2.05, 4.69) is 26.8 Å². The fourth-order valence-corrected chi connectivity index (χ4v) is 2.57. The number of aromatic nitrogens is 3. The molecule has 4 heteroatoms. The van der Waals surface area contributed by atoms with Crippen LogP contribution in [-0.4, -0.2) is 32.9 Å². The molecule has 1 saturated heterocycles. The molecule has 0 aliphatic carbocycles. The summed E-state index contributed by atoms with van der Waals surface area (Å²) in [5, 5.41) is 0. The van der Waals surface area contributed by atoms with Crippen LogP contribution in [0.1, 0.15) is 25.5 Å². The summed E-state index contributed by atoms with van der Waals surface area (Å²) >= 11 is 0. The maximum Gasteiger partial charge on any atom is 0.160 e. The van der Waals surface area contributed by atoms with Gasteiger partial charge in [-0.2, -0.15) is 0 Å². The Morgan fingerprint density at radius 3 is 2.80 bits per heavy atom. The second-order valence-electron chi connectivity index (χ2n) is 5.57. The van der Waals surface area contributed by atoms with Crippen molar-refractivity contribution in [2.75, 3.05) is 13.1 Å². The molecule has 0 atom stereocenters. The van der Waals surface area contributed by atoms with E-state index >= 15 is 0 Å². The Morgan fingerprint density at radius 1 is 1.20 bits per heavy atom. The lowest BCUT2D eigenvalue weighted by atomic mass is 9.99. The second kappa shape index (κ2) is 6.09. The first-order valence-corrected chi connectivity index (χ1v) is 7.26. The van der Waals surface area contributed by atoms with Crippen molar-refractivity contribution < 1.29 is 0 Å². The van der Waals surface area contributed by atoms with E-state index in [0.717, 1.165) is 29.5 Å². The number of likely N-dealkylation sites (tertiary alicyclic amines) is 1. The van der Waals surface area contributed by atoms with E-state index in [1.54, 1.807) is 6.20 Å². The number of hydrogen-bond acceptors (Lipinski definition) is 4. The first-order valence-electron chi connectivity index (χ1n) is 7.26. The van der Waals surface area contributed by atoms with Crippen LogP contribution >= 0.6 is 0 Å². The van der Waals surface area contributed by atoms with Crippen molar-refractivity contribution >= 4 is 0 Å². The second-order valence-corrected chi connectivity index (χ2v) is 5.57. The van der Waals surface area contributed by atoms with Crippen molar-refractivity contribution in [1.82, 2.24) is 19.9 Å². The molecule has 0 amide bonds. The molecule has 0 unspecified atom stereocenters. The third-order valence-corrected chi connectivity index (χ3v) is 3.89. The van der Waals surface area contributed by atoms with Gasteiger partial charge in [-0.25, -0.2) is 9.97 Å². The molecule has 3 heterocycles. The van der Waals surface area contributed by atoms with Gasteiger partial charge in [-0.05, 0) is 50.0 Å². The Morgan fingerprint density at radius 2 is 2.05 bits per heavy atom. The summed E-state index contributed by atoms with van der Waals surface area (Å²) in [5.41, 5.74) is 2.06. The fourth-order valence-electron chi connectivity index (χ4n) is 2.57. The summed E-state index contributed by atoms with van der Waals surface area (Å²) < 4.78 is 0. The van der Waals surface area contributed by atoms with Gasteiger partial charge >= 0.3 is 0 Å². The van der Waals surface area contributed by atoms with Gasteiger partial charge in [-0.15, -0.1) is 0 Å². The zero-order chi connectivity index (χ0) is 13.8. The van der Waals surface area contributed by atoms with Crippen molar-refractivity contribution in [1.29, 1.82) is 0 Å². The fraction of sp³-hybridized carbons (Fsp3) is 0.438. The highest BCUT2D eigenvalue weighted by Gasteiger charge is 2.16. The monoisotopic (exact) mass is 268 g/mol. The molecule has 20 heavy (non-hydrogen) atoms. The van der Waals surface area contributed by atoms with Gasteiger partial charge in [-0.1, -0.05) is 6.92 Å². The van der Waals surface area contributed by atoms with Gasteiger partial charge in [0.2, 0.25) is 0 Å². The standard InChI is InChI=1S/C16H20N4/c1-13-5-9-20(10-6-13)12-15-4-8-18-16(19-15)14-3-2-7-17-11-14/h2-4,7-8,11,13H,5-6,9-10,12H2,1H3. The maximum atomic E-state index is 4.66. The third kappa shape index (κ3) is 3.20. The summed E-state index contributed by atoms with van der Waals surface area (Å²) in [4.78, 5) is 15.6. The summed E-state index contributed by atoms with van der Waals surface area (Å²) in [6.45, 7) is 5.60. The number of piperidine rings is 1. The van der Waals surface area contributed by atoms with Gasteiger partial charge in [0.1, 0.15) is 0 Å². The largest absolute Gasteiger partial charge is 0.297 e. The zero-order valence-corrected chi connectivity index (χ0v) is 11.9. The first kappa shape index (κ1) is 13.2. The summed E-state index contributed by atoms with van der Waals surface area (Å²) in [6.07, 6.45) is 8.00. The predicted molar refractivity (Wildman–Crippen MR) is 78.9 cm³/mol. The van der Waals surface area contributed by atoms with Crippen LogP contribution in [0.4, 0.5) is 0 Å². The lowest BCUT2D eigenvalue weighted by Gasteiger charge is -2.29. The van der Waals surface area contributed by atoms with Crippen molar-refractivity contribution in [3.05, 3.63) is 42.5 Å². The highest BCUT2D eigenvalue weighted by Crippen LogP contribution is 2.18. The van der Waals surface area contributed by atoms with Gasteiger partial charge in [0.05, 0.1) is 5.69 Å². The molecule has 2 aromatic rings. The molecule has 0 bridgehead atoms. The molecule has 104 valence electrons. The number of rotatable bonds is 3. The van der Waals surface area contributed by atoms with Crippen LogP contribution in [0.5, 0.6) is 0 Å². The SMILES string of the molecule is CC1CCN(Cc2ccnc(-c3cccnc3)n2)CC1. The molecule has 2 aromatic heterocycles. The Kier molecular flexibility index (Phi) is 4.02. The molecule has 0 N–H and O–H groups in total. The van der Waals surface area contributed by atoms with Crippen molar-refractivity contribution in [2.45, 2.75) is 26.3 Å². The Hall–Kier alpha value is -1.81. The van der Waals surface area contributed by atoms with Crippen LogP contribution in [0.15, 0.2) is 36.8 Å². The van der Waals surface area contributed by atoms with Crippen molar-refractivity contribution in [3.63, 3.8) is 0 Å². The molecular formula is C16H20N4. The van der Waals surface area contributed by atoms with Gasteiger partial charge < -0.3 is 0 Å². The van der Waals surface area contributed by atoms with Gasteiger partial charge in [-0.3, -0.25) is 9.88 Å². The highest BCUT2D eigenvalue weighted by atomic mass is 15.1. The van der Waals surface area contributed by atoms with Crippen LogP contribution in [0.2, 0.25) is 0 Å². The molecule has 1 fully saturated rings. The minimum Gasteiger partial charge on any atom is -0.297 e. The molecule has 3 rings (SSSR count). The van der Waals surface area contributed by atoms with Crippen LogP contribution in [0.25, 0.3) is 11.4 Å². The smallest absolute Gasteiger partial charge is 0.160 e. The topological polar surface area (TPSA) is 41.9 Å². The van der Waals surface area contributed by atoms with E-state index in [9.17, 15) is 0 Å². The van der Waals surface area contributed by atoms with E-state index in [1.807, 2.05) is 30.6 Å². The quantitative estimate of drug-likeness (QED) is 0.858. The lowest BCUT2D eigenvalue weighted by molar-refractivity contribution is 0.183. The molecule has 4 nitrogen and oxygen atoms in total. The minimum absolute atomic E-state index is 0.765. The molecule has 0 spiro atoms. The van der Waals surface area contributed by atoms with Crippen LogP contribution in [0, 0.1) is 5.92 Å². The van der Waals surface area contributed by atoms with E-state index in [4.69, 9.17) is 0 Å². The van der Waals surface area contributed by atoms with Crippen molar-refractivity contribution in [2.24, 2.45) is 5.92 Å². The molecular weight excluding hydrogens is 248 g/mol. The highest BCUT2D eigenvalue weighted by molar-refractivity contribution is 5.52. The first-order chi connectivity index (χ1) is 9.81. The molecule has 1 aliphatic heterocycles. The van der Waals surface area contributed by atoms with E-state index in [1.165, 1.54) is 25.9 Å². The average Bonchev–Trinajstić information content (AvgIpc) is 2.51. The van der Waals surface area contributed by atoms with E-state index in [-0.39, 0.29) is 0 Å². The number of hydrogen-bond donors (Lipinski definition) is 0. The van der Waals surface area contributed by atoms with Crippen molar-refractivity contribution in [3.8, 4) is 11.4 Å². The van der Waals surface area contributed by atoms with Gasteiger partial charge in [0.15, 0.2) is 5.82 Å². The zero-order valence-electron chi connectivity index (χ0n) is 11.9. The van der Waals surface area contributed by atoms with Crippen LogP contribution in [-0.2, 0) is 6.54 Å². The van der Waals surface area contributed by atoms with Gasteiger partial charge in [0, 0.05) is 30.7 Å². The van der Waals surface area contributed by atoms with E-state index < -0.39 is 0 Å². The summed E-state index contributed by atoms with van der Waals surface area (Å²) in [7, 11) is 0. The molecule has 0 aromatic carbocycles. The van der Waals surface area contributed by atoms with Gasteiger partial charge in [0.25, 0.3) is 0 Å². The molecule has 0 saturated carbocycles. The normalized spacial score (nSPS) is 17.2. The molecule has 0 radical (unpaired) electrons. The Bertz CT molecular complexity index is 547. The lowest BCUT2D eigenvalue weighted by Crippen LogP contribution is -2.32. The minimum atomic E-state index is 0.765. The Balaban J connectivity index is 1.72. The van der Waals surface area contributed by atoms with Crippen LogP contribution < -0.4 is 0 Å². The number of pyridine rings is 1. The number of nitrogens with zero attached hydrogens (tertiary/aromatic N) is 4. The predicted octanol–water partition coefficient (Wildman–Crippen LogP) is 2.77. The summed E-state index contributed by atoms with van der Waals surface area (Å²) in [6, 6.07) is 5.92. The summed E-state index contributed by atoms with van der Waals surface area (Å²) in [5.74, 6) is 1.63. The third-order valence-electron chi connectivity index (χ3n) is 3.89. The van der Waals surface area contributed by atoms with E-state index in [0.29, 0.717) is 0 Å². The average molecular weight is 268 g/mol. The Labute approximate surface area is 119 Å². The van der Waals surface area contributed by atoms with Crippen LogP contribution in [0.3, 0.4) is 0 Å². The molecule has 1 aliphatic rings. The maximum absolute atomic E-state index is 4.66.